The van der Waals surface area contributed by atoms with E-state index in [-0.39, 0.29) is 17.4 Å². The minimum atomic E-state index is -4.02. The lowest BCUT2D eigenvalue weighted by molar-refractivity contribution is 0.134. The molecule has 0 saturated heterocycles. The van der Waals surface area contributed by atoms with Crippen LogP contribution in [0.25, 0.3) is 11.1 Å². The molecule has 1 aromatic heterocycles. The van der Waals surface area contributed by atoms with Gasteiger partial charge in [-0.15, -0.1) is 0 Å². The van der Waals surface area contributed by atoms with Crippen molar-refractivity contribution in [1.82, 2.24) is 5.16 Å². The molecule has 9 heteroatoms. The van der Waals surface area contributed by atoms with Crippen LogP contribution in [-0.2, 0) is 31.4 Å². The number of aromatic nitrogens is 1. The first-order valence-electron chi connectivity index (χ1n) is 10.1. The van der Waals surface area contributed by atoms with Gasteiger partial charge < -0.3 is 14.0 Å². The number of halogens is 1. The van der Waals surface area contributed by atoms with Gasteiger partial charge in [0.15, 0.2) is 5.82 Å². The van der Waals surface area contributed by atoms with Crippen LogP contribution >= 0.6 is 15.9 Å². The smallest absolute Gasteiger partial charge is 0.268 e. The van der Waals surface area contributed by atoms with Crippen LogP contribution in [0.4, 0.5) is 5.82 Å². The molecule has 0 fully saturated rings. The van der Waals surface area contributed by atoms with E-state index in [1.807, 2.05) is 31.2 Å². The Balaban J connectivity index is 2.18. The lowest BCUT2D eigenvalue weighted by Gasteiger charge is -2.23. The van der Waals surface area contributed by atoms with Gasteiger partial charge in [-0.1, -0.05) is 57.5 Å². The van der Waals surface area contributed by atoms with Gasteiger partial charge in [-0.2, -0.15) is 0 Å². The molecule has 0 aliphatic heterocycles. The van der Waals surface area contributed by atoms with Gasteiger partial charge in [0.2, 0.25) is 0 Å². The van der Waals surface area contributed by atoms with Crippen molar-refractivity contribution in [2.75, 3.05) is 24.8 Å². The van der Waals surface area contributed by atoms with Gasteiger partial charge >= 0.3 is 0 Å². The highest BCUT2D eigenvalue weighted by Gasteiger charge is 2.32. The molecule has 0 atom stereocenters. The van der Waals surface area contributed by atoms with Gasteiger partial charge in [-0.25, -0.2) is 12.7 Å². The fourth-order valence-electron chi connectivity index (χ4n) is 3.36. The van der Waals surface area contributed by atoms with Crippen molar-refractivity contribution in [3.05, 3.63) is 64.9 Å². The van der Waals surface area contributed by atoms with Crippen molar-refractivity contribution in [2.45, 2.75) is 37.6 Å². The number of hydrogen-bond acceptors (Lipinski definition) is 6. The van der Waals surface area contributed by atoms with E-state index in [1.165, 1.54) is 7.11 Å². The first-order valence-corrected chi connectivity index (χ1v) is 12.7. The largest absolute Gasteiger partial charge is 0.377 e. The van der Waals surface area contributed by atoms with Crippen molar-refractivity contribution >= 4 is 31.8 Å². The summed E-state index contributed by atoms with van der Waals surface area (Å²) in [5.74, 6) is 0.761. The Labute approximate surface area is 197 Å². The van der Waals surface area contributed by atoms with E-state index in [1.54, 1.807) is 32.0 Å². The fraction of sp³-hybridized carbons (Fsp3) is 0.348. The molecule has 32 heavy (non-hydrogen) atoms. The van der Waals surface area contributed by atoms with Gasteiger partial charge in [0, 0.05) is 30.2 Å². The molecule has 3 aromatic rings. The number of rotatable bonds is 10. The predicted molar refractivity (Wildman–Crippen MR) is 127 cm³/mol. The number of methoxy groups -OCH3 is 1. The molecule has 0 bridgehead atoms. The van der Waals surface area contributed by atoms with Crippen LogP contribution < -0.4 is 4.31 Å². The molecule has 0 aliphatic carbocycles. The number of hydrogen-bond donors (Lipinski definition) is 0. The Morgan fingerprint density at radius 2 is 1.88 bits per heavy atom. The Hall–Kier alpha value is -2.20. The van der Waals surface area contributed by atoms with Crippen LogP contribution in [0.5, 0.6) is 0 Å². The third kappa shape index (κ3) is 4.91. The molecule has 0 unspecified atom stereocenters. The molecule has 0 spiro atoms. The third-order valence-electron chi connectivity index (χ3n) is 5.15. The van der Waals surface area contributed by atoms with Crippen molar-refractivity contribution in [3.63, 3.8) is 0 Å². The van der Waals surface area contributed by atoms with Crippen molar-refractivity contribution in [3.8, 4) is 11.1 Å². The van der Waals surface area contributed by atoms with Gasteiger partial charge in [-0.05, 0) is 43.5 Å². The summed E-state index contributed by atoms with van der Waals surface area (Å²) in [6.45, 7) is 6.18. The predicted octanol–water partition coefficient (Wildman–Crippen LogP) is 5.19. The lowest BCUT2D eigenvalue weighted by atomic mass is 9.98. The Morgan fingerprint density at radius 3 is 2.50 bits per heavy atom. The van der Waals surface area contributed by atoms with Crippen LogP contribution in [-0.4, -0.2) is 34.0 Å². The summed E-state index contributed by atoms with van der Waals surface area (Å²) in [4.78, 5) is 0.154. The molecular formula is C23H27BrN2O5S. The quantitative estimate of drug-likeness (QED) is 0.269. The molecule has 2 aromatic carbocycles. The third-order valence-corrected chi connectivity index (χ3v) is 7.56. The normalized spacial score (nSPS) is 11.7. The summed E-state index contributed by atoms with van der Waals surface area (Å²) >= 11 is 3.48. The number of nitrogens with zero attached hydrogens (tertiary/aromatic N) is 2. The Kier molecular flexibility index (Phi) is 8.10. The van der Waals surface area contributed by atoms with Crippen LogP contribution in [0, 0.1) is 13.8 Å². The van der Waals surface area contributed by atoms with E-state index in [0.29, 0.717) is 35.4 Å². The molecule has 3 rings (SSSR count). The molecule has 0 radical (unpaired) electrons. The molecule has 0 aliphatic rings. The highest BCUT2D eigenvalue weighted by molar-refractivity contribution is 9.08. The van der Waals surface area contributed by atoms with Crippen LogP contribution in [0.3, 0.4) is 0 Å². The number of ether oxygens (including phenoxy) is 2. The number of anilines is 1. The SMILES string of the molecule is CCOCc1cc(CBr)ccc1-c1ccccc1S(=O)(=O)N(COC)c1noc(C)c1C. The monoisotopic (exact) mass is 522 g/mol. The summed E-state index contributed by atoms with van der Waals surface area (Å²) in [7, 11) is -2.58. The number of benzene rings is 2. The molecular weight excluding hydrogens is 496 g/mol. The van der Waals surface area contributed by atoms with Crippen LogP contribution in [0.1, 0.15) is 29.4 Å². The number of alkyl halides is 1. The Bertz CT molecular complexity index is 1180. The van der Waals surface area contributed by atoms with Crippen molar-refractivity contribution in [2.24, 2.45) is 0 Å². The first kappa shape index (κ1) is 24.4. The lowest BCUT2D eigenvalue weighted by Crippen LogP contribution is -2.34. The maximum Gasteiger partial charge on any atom is 0.268 e. The number of aryl methyl sites for hydroxylation is 1. The first-order chi connectivity index (χ1) is 15.3. The second-order valence-corrected chi connectivity index (χ2v) is 9.61. The maximum atomic E-state index is 13.9. The zero-order valence-corrected chi connectivity index (χ0v) is 21.0. The summed E-state index contributed by atoms with van der Waals surface area (Å²) in [6, 6.07) is 12.9. The topological polar surface area (TPSA) is 81.9 Å². The average Bonchev–Trinajstić information content (AvgIpc) is 3.13. The molecule has 1 heterocycles. The highest BCUT2D eigenvalue weighted by Crippen LogP contribution is 2.35. The van der Waals surface area contributed by atoms with E-state index in [0.717, 1.165) is 21.0 Å². The molecule has 0 N–H and O–H groups in total. The molecule has 0 saturated carbocycles. The second kappa shape index (κ2) is 10.6. The van der Waals surface area contributed by atoms with E-state index < -0.39 is 10.0 Å². The van der Waals surface area contributed by atoms with E-state index in [9.17, 15) is 8.42 Å². The summed E-state index contributed by atoms with van der Waals surface area (Å²) in [5, 5.41) is 4.67. The molecule has 0 amide bonds. The minimum absolute atomic E-state index is 0.154. The average molecular weight is 523 g/mol. The minimum Gasteiger partial charge on any atom is -0.377 e. The van der Waals surface area contributed by atoms with E-state index >= 15 is 0 Å². The van der Waals surface area contributed by atoms with E-state index in [4.69, 9.17) is 14.0 Å². The number of sulfonamides is 1. The summed E-state index contributed by atoms with van der Waals surface area (Å²) in [5.41, 5.74) is 4.02. The van der Waals surface area contributed by atoms with Gasteiger partial charge in [-0.3, -0.25) is 0 Å². The zero-order chi connectivity index (χ0) is 23.3. The molecule has 172 valence electrons. The summed E-state index contributed by atoms with van der Waals surface area (Å²) < 4.78 is 44.9. The van der Waals surface area contributed by atoms with Gasteiger partial charge in [0.25, 0.3) is 10.0 Å². The fourth-order valence-corrected chi connectivity index (χ4v) is 5.29. The van der Waals surface area contributed by atoms with E-state index in [2.05, 4.69) is 21.1 Å². The highest BCUT2D eigenvalue weighted by atomic mass is 79.9. The zero-order valence-electron chi connectivity index (χ0n) is 18.6. The van der Waals surface area contributed by atoms with Gasteiger partial charge in [0.1, 0.15) is 12.5 Å². The molecule has 7 nitrogen and oxygen atoms in total. The van der Waals surface area contributed by atoms with Crippen LogP contribution in [0.15, 0.2) is 51.9 Å². The Morgan fingerprint density at radius 1 is 1.12 bits per heavy atom. The second-order valence-electron chi connectivity index (χ2n) is 7.22. The summed E-state index contributed by atoms with van der Waals surface area (Å²) in [6.07, 6.45) is 0. The van der Waals surface area contributed by atoms with Gasteiger partial charge in [0.05, 0.1) is 11.5 Å². The van der Waals surface area contributed by atoms with Crippen molar-refractivity contribution in [1.29, 1.82) is 0 Å². The van der Waals surface area contributed by atoms with Crippen molar-refractivity contribution < 1.29 is 22.4 Å². The maximum absolute atomic E-state index is 13.9. The van der Waals surface area contributed by atoms with Crippen LogP contribution in [0.2, 0.25) is 0 Å². The standard InChI is InChI=1S/C23H27BrN2O5S/c1-5-30-14-19-12-18(13-24)10-11-20(19)21-8-6-7-9-22(21)32(27,28)26(15-29-4)23-16(2)17(3)31-25-23/h6-12H,5,13-15H2,1-4H3.